The van der Waals surface area contributed by atoms with Crippen LogP contribution in [0.3, 0.4) is 0 Å². The molecule has 4 aromatic rings. The summed E-state index contributed by atoms with van der Waals surface area (Å²) in [5, 5.41) is 9.24. The number of nitrogens with zero attached hydrogens (tertiary/aromatic N) is 1. The Kier molecular flexibility index (Phi) is 4.54. The van der Waals surface area contributed by atoms with Crippen LogP contribution in [0, 0.1) is 0 Å². The van der Waals surface area contributed by atoms with Crippen LogP contribution in [-0.4, -0.2) is 11.1 Å². The van der Waals surface area contributed by atoms with E-state index >= 15 is 0 Å². The molecular formula is C21H15BrN2O2. The summed E-state index contributed by atoms with van der Waals surface area (Å²) in [6.07, 6.45) is 0. The van der Waals surface area contributed by atoms with E-state index in [1.165, 1.54) is 5.39 Å². The van der Waals surface area contributed by atoms with Gasteiger partial charge in [0.15, 0.2) is 5.76 Å². The number of carbonyl (C=O) groups is 1. The van der Waals surface area contributed by atoms with Crippen molar-refractivity contribution >= 4 is 32.6 Å². The van der Waals surface area contributed by atoms with Crippen molar-refractivity contribution in [3.05, 3.63) is 88.5 Å². The van der Waals surface area contributed by atoms with Gasteiger partial charge in [-0.25, -0.2) is 0 Å². The summed E-state index contributed by atoms with van der Waals surface area (Å²) < 4.78 is 6.21. The van der Waals surface area contributed by atoms with Gasteiger partial charge in [-0.2, -0.15) is 0 Å². The molecule has 5 heteroatoms. The predicted octanol–water partition coefficient (Wildman–Crippen LogP) is 5.19. The van der Waals surface area contributed by atoms with Crippen LogP contribution in [0.4, 0.5) is 0 Å². The number of aromatic nitrogens is 1. The zero-order valence-corrected chi connectivity index (χ0v) is 15.4. The normalized spacial score (nSPS) is 10.8. The fourth-order valence-corrected chi connectivity index (χ4v) is 3.25. The van der Waals surface area contributed by atoms with Crippen molar-refractivity contribution in [2.24, 2.45) is 0 Å². The number of fused-ring (bicyclic) bond motifs is 1. The summed E-state index contributed by atoms with van der Waals surface area (Å²) in [5.41, 5.74) is 2.22. The summed E-state index contributed by atoms with van der Waals surface area (Å²) in [4.78, 5) is 12.3. The number of carbonyl (C=O) groups excluding carboxylic acids is 1. The lowest BCUT2D eigenvalue weighted by atomic mass is 10.1. The maximum atomic E-state index is 12.3. The highest BCUT2D eigenvalue weighted by Gasteiger charge is 2.11. The molecular weight excluding hydrogens is 392 g/mol. The third kappa shape index (κ3) is 3.39. The third-order valence-electron chi connectivity index (χ3n) is 4.14. The van der Waals surface area contributed by atoms with E-state index in [0.717, 1.165) is 15.4 Å². The van der Waals surface area contributed by atoms with Crippen LogP contribution in [0.15, 0.2) is 81.8 Å². The van der Waals surface area contributed by atoms with Gasteiger partial charge in [-0.15, -0.1) is 0 Å². The minimum atomic E-state index is -0.160. The van der Waals surface area contributed by atoms with Crippen LogP contribution in [0.1, 0.15) is 16.1 Å². The molecule has 26 heavy (non-hydrogen) atoms. The van der Waals surface area contributed by atoms with Gasteiger partial charge in [0, 0.05) is 16.1 Å². The highest BCUT2D eigenvalue weighted by Crippen LogP contribution is 2.25. The molecule has 4 rings (SSSR count). The maximum absolute atomic E-state index is 12.3. The van der Waals surface area contributed by atoms with Crippen LogP contribution < -0.4 is 5.32 Å². The molecule has 0 fully saturated rings. The molecule has 0 aliphatic carbocycles. The molecule has 0 aliphatic heterocycles. The Bertz CT molecular complexity index is 1090. The van der Waals surface area contributed by atoms with Gasteiger partial charge in [-0.05, 0) is 44.9 Å². The van der Waals surface area contributed by atoms with Gasteiger partial charge in [0.1, 0.15) is 5.69 Å². The van der Waals surface area contributed by atoms with Crippen LogP contribution in [0.2, 0.25) is 0 Å². The molecule has 128 valence electrons. The van der Waals surface area contributed by atoms with Gasteiger partial charge in [0.2, 0.25) is 0 Å². The fraction of sp³-hybridized carbons (Fsp3) is 0.0476. The van der Waals surface area contributed by atoms with Gasteiger partial charge >= 0.3 is 0 Å². The van der Waals surface area contributed by atoms with E-state index in [2.05, 4.69) is 50.7 Å². The Balaban J connectivity index is 1.49. The van der Waals surface area contributed by atoms with Gasteiger partial charge in [-0.1, -0.05) is 53.7 Å². The minimum Gasteiger partial charge on any atom is -0.356 e. The first-order chi connectivity index (χ1) is 12.7. The topological polar surface area (TPSA) is 55.1 Å². The van der Waals surface area contributed by atoms with Crippen LogP contribution in [0.25, 0.3) is 22.1 Å². The largest absolute Gasteiger partial charge is 0.356 e. The van der Waals surface area contributed by atoms with Crippen molar-refractivity contribution in [1.82, 2.24) is 10.5 Å². The molecule has 0 saturated heterocycles. The number of nitrogens with one attached hydrogen (secondary N) is 1. The zero-order chi connectivity index (χ0) is 17.9. The van der Waals surface area contributed by atoms with Crippen LogP contribution in [-0.2, 0) is 6.54 Å². The fourth-order valence-electron chi connectivity index (χ4n) is 2.79. The number of hydrogen-bond donors (Lipinski definition) is 1. The van der Waals surface area contributed by atoms with E-state index in [0.29, 0.717) is 23.6 Å². The lowest BCUT2D eigenvalue weighted by Crippen LogP contribution is -2.23. The smallest absolute Gasteiger partial charge is 0.252 e. The van der Waals surface area contributed by atoms with E-state index < -0.39 is 0 Å². The molecule has 4 nitrogen and oxygen atoms in total. The van der Waals surface area contributed by atoms with E-state index in [1.54, 1.807) is 6.07 Å². The average molecular weight is 407 g/mol. The predicted molar refractivity (Wildman–Crippen MR) is 105 cm³/mol. The minimum absolute atomic E-state index is 0.160. The first-order valence-electron chi connectivity index (χ1n) is 8.18. The second-order valence-electron chi connectivity index (χ2n) is 5.91. The molecule has 0 bridgehead atoms. The lowest BCUT2D eigenvalue weighted by molar-refractivity contribution is 0.0949. The molecule has 0 atom stereocenters. The molecule has 3 aromatic carbocycles. The van der Waals surface area contributed by atoms with Crippen molar-refractivity contribution in [3.63, 3.8) is 0 Å². The van der Waals surface area contributed by atoms with E-state index in [1.807, 2.05) is 42.5 Å². The highest BCUT2D eigenvalue weighted by molar-refractivity contribution is 9.10. The monoisotopic (exact) mass is 406 g/mol. The third-order valence-corrected chi connectivity index (χ3v) is 4.83. The summed E-state index contributed by atoms with van der Waals surface area (Å²) >= 11 is 3.38. The van der Waals surface area contributed by atoms with Crippen LogP contribution in [0.5, 0.6) is 0 Å². The molecule has 1 N–H and O–H groups in total. The quantitative estimate of drug-likeness (QED) is 0.507. The second kappa shape index (κ2) is 7.14. The maximum Gasteiger partial charge on any atom is 0.252 e. The molecule has 1 heterocycles. The van der Waals surface area contributed by atoms with Gasteiger partial charge in [-0.3, -0.25) is 4.79 Å². The molecule has 0 saturated carbocycles. The summed E-state index contributed by atoms with van der Waals surface area (Å²) in [6, 6.07) is 23.4. The van der Waals surface area contributed by atoms with Gasteiger partial charge < -0.3 is 9.84 Å². The molecule has 0 spiro atoms. The number of hydrogen-bond acceptors (Lipinski definition) is 3. The summed E-state index contributed by atoms with van der Waals surface area (Å²) in [6.45, 7) is 0.303. The molecule has 1 amide bonds. The highest BCUT2D eigenvalue weighted by atomic mass is 79.9. The Hall–Kier alpha value is -2.92. The molecule has 0 aliphatic rings. The Morgan fingerprint density at radius 2 is 1.73 bits per heavy atom. The number of rotatable bonds is 4. The zero-order valence-electron chi connectivity index (χ0n) is 13.8. The van der Waals surface area contributed by atoms with Crippen molar-refractivity contribution in [1.29, 1.82) is 0 Å². The van der Waals surface area contributed by atoms with E-state index in [-0.39, 0.29) is 5.91 Å². The Morgan fingerprint density at radius 1 is 0.962 bits per heavy atom. The standard InChI is InChI=1S/C21H15BrN2O2/c22-19-8-4-3-7-18(19)21(25)23-13-17-12-20(26-24-17)16-10-9-14-5-1-2-6-15(14)11-16/h1-12H,13H2,(H,23,25). The molecule has 0 unspecified atom stereocenters. The molecule has 1 aromatic heterocycles. The lowest BCUT2D eigenvalue weighted by Gasteiger charge is -2.04. The van der Waals surface area contributed by atoms with Crippen molar-refractivity contribution in [2.45, 2.75) is 6.54 Å². The SMILES string of the molecule is O=C(NCc1cc(-c2ccc3ccccc3c2)on1)c1ccccc1Br. The summed E-state index contributed by atoms with van der Waals surface area (Å²) in [5.74, 6) is 0.522. The Morgan fingerprint density at radius 3 is 2.58 bits per heavy atom. The van der Waals surface area contributed by atoms with Crippen molar-refractivity contribution < 1.29 is 9.32 Å². The first kappa shape index (κ1) is 16.5. The van der Waals surface area contributed by atoms with E-state index in [9.17, 15) is 4.79 Å². The summed E-state index contributed by atoms with van der Waals surface area (Å²) in [7, 11) is 0. The first-order valence-corrected chi connectivity index (χ1v) is 8.97. The molecule has 0 radical (unpaired) electrons. The Labute approximate surface area is 159 Å². The van der Waals surface area contributed by atoms with Crippen molar-refractivity contribution in [3.8, 4) is 11.3 Å². The number of halogens is 1. The number of benzene rings is 3. The van der Waals surface area contributed by atoms with Crippen molar-refractivity contribution in [2.75, 3.05) is 0 Å². The van der Waals surface area contributed by atoms with Gasteiger partial charge in [0.25, 0.3) is 5.91 Å². The average Bonchev–Trinajstić information content (AvgIpc) is 3.15. The number of amides is 1. The second-order valence-corrected chi connectivity index (χ2v) is 6.76. The van der Waals surface area contributed by atoms with E-state index in [4.69, 9.17) is 4.52 Å². The van der Waals surface area contributed by atoms with Crippen LogP contribution >= 0.6 is 15.9 Å². The van der Waals surface area contributed by atoms with Gasteiger partial charge in [0.05, 0.1) is 12.1 Å².